The second-order valence-corrected chi connectivity index (χ2v) is 5.59. The van der Waals surface area contributed by atoms with Crippen molar-refractivity contribution in [2.45, 2.75) is 6.42 Å². The Balaban J connectivity index is 1.91. The number of nitrogens with zero attached hydrogens (tertiary/aromatic N) is 1. The highest BCUT2D eigenvalue weighted by Gasteiger charge is 2.30. The first kappa shape index (κ1) is 17.4. The number of carboxylic acids is 1. The molecule has 0 bridgehead atoms. The fourth-order valence-corrected chi connectivity index (χ4v) is 2.51. The summed E-state index contributed by atoms with van der Waals surface area (Å²) in [6.07, 6.45) is 0.468. The monoisotopic (exact) mass is 342 g/mol. The van der Waals surface area contributed by atoms with E-state index in [2.05, 4.69) is 5.32 Å². The number of benzene rings is 1. The SMILES string of the molecule is COCCOc1ccc(NC(=O)N2CCC(C(=O)O)C2)cc1Cl. The van der Waals surface area contributed by atoms with Crippen molar-refractivity contribution in [2.75, 3.05) is 38.7 Å². The van der Waals surface area contributed by atoms with E-state index < -0.39 is 11.9 Å². The number of rotatable bonds is 6. The van der Waals surface area contributed by atoms with Gasteiger partial charge in [0.2, 0.25) is 0 Å². The van der Waals surface area contributed by atoms with Crippen molar-refractivity contribution >= 4 is 29.3 Å². The van der Waals surface area contributed by atoms with Crippen molar-refractivity contribution < 1.29 is 24.2 Å². The Bertz CT molecular complexity index is 581. The highest BCUT2D eigenvalue weighted by Crippen LogP contribution is 2.28. The van der Waals surface area contributed by atoms with E-state index in [4.69, 9.17) is 26.2 Å². The third-order valence-corrected chi connectivity index (χ3v) is 3.85. The number of hydrogen-bond acceptors (Lipinski definition) is 4. The van der Waals surface area contributed by atoms with Gasteiger partial charge in [-0.25, -0.2) is 4.79 Å². The Kier molecular flexibility index (Phi) is 6.06. The number of methoxy groups -OCH3 is 1. The molecule has 1 aliphatic heterocycles. The van der Waals surface area contributed by atoms with Crippen LogP contribution in [0.2, 0.25) is 5.02 Å². The molecule has 1 aromatic rings. The van der Waals surface area contributed by atoms with Crippen LogP contribution in [-0.2, 0) is 9.53 Å². The van der Waals surface area contributed by atoms with Crippen molar-refractivity contribution in [1.29, 1.82) is 0 Å². The maximum atomic E-state index is 12.1. The lowest BCUT2D eigenvalue weighted by molar-refractivity contribution is -0.141. The van der Waals surface area contributed by atoms with E-state index in [1.807, 2.05) is 0 Å². The van der Waals surface area contributed by atoms with E-state index in [-0.39, 0.29) is 12.6 Å². The van der Waals surface area contributed by atoms with Crippen molar-refractivity contribution in [1.82, 2.24) is 4.90 Å². The van der Waals surface area contributed by atoms with E-state index in [1.165, 1.54) is 4.90 Å². The Morgan fingerprint density at radius 3 is 2.83 bits per heavy atom. The average Bonchev–Trinajstić information content (AvgIpc) is 3.00. The number of carbonyl (C=O) groups excluding carboxylic acids is 1. The Labute approximate surface area is 139 Å². The molecule has 126 valence electrons. The van der Waals surface area contributed by atoms with Gasteiger partial charge in [0.25, 0.3) is 0 Å². The normalized spacial score (nSPS) is 17.1. The van der Waals surface area contributed by atoms with Gasteiger partial charge in [0, 0.05) is 25.9 Å². The lowest BCUT2D eigenvalue weighted by atomic mass is 10.1. The first-order valence-corrected chi connectivity index (χ1v) is 7.59. The van der Waals surface area contributed by atoms with Gasteiger partial charge in [-0.05, 0) is 24.6 Å². The van der Waals surface area contributed by atoms with Crippen LogP contribution in [0.25, 0.3) is 0 Å². The molecule has 1 atom stereocenters. The fraction of sp³-hybridized carbons (Fsp3) is 0.467. The van der Waals surface area contributed by atoms with E-state index in [1.54, 1.807) is 25.3 Å². The molecule has 1 fully saturated rings. The molecule has 1 saturated heterocycles. The molecular formula is C15H19ClN2O5. The van der Waals surface area contributed by atoms with Gasteiger partial charge < -0.3 is 24.8 Å². The van der Waals surface area contributed by atoms with E-state index >= 15 is 0 Å². The number of anilines is 1. The average molecular weight is 343 g/mol. The maximum Gasteiger partial charge on any atom is 0.321 e. The summed E-state index contributed by atoms with van der Waals surface area (Å²) in [5.74, 6) is -0.865. The molecule has 0 aromatic heterocycles. The standard InChI is InChI=1S/C15H19ClN2O5/c1-22-6-7-23-13-3-2-11(8-12(13)16)17-15(21)18-5-4-10(9-18)14(19)20/h2-3,8,10H,4-7,9H2,1H3,(H,17,21)(H,19,20). The molecule has 2 rings (SSSR count). The second kappa shape index (κ2) is 8.03. The molecule has 1 aliphatic rings. The number of nitrogens with one attached hydrogen (secondary N) is 1. The van der Waals surface area contributed by atoms with Gasteiger partial charge in [-0.15, -0.1) is 0 Å². The van der Waals surface area contributed by atoms with Gasteiger partial charge in [-0.1, -0.05) is 11.6 Å². The lowest BCUT2D eigenvalue weighted by Crippen LogP contribution is -2.33. The minimum Gasteiger partial charge on any atom is -0.490 e. The summed E-state index contributed by atoms with van der Waals surface area (Å²) >= 11 is 6.11. The molecule has 2 amide bonds. The highest BCUT2D eigenvalue weighted by molar-refractivity contribution is 6.32. The van der Waals surface area contributed by atoms with Crippen molar-refractivity contribution in [3.8, 4) is 5.75 Å². The summed E-state index contributed by atoms with van der Waals surface area (Å²) in [6.45, 7) is 1.47. The number of likely N-dealkylation sites (tertiary alicyclic amines) is 1. The van der Waals surface area contributed by atoms with Crippen molar-refractivity contribution in [3.05, 3.63) is 23.2 Å². The molecule has 0 saturated carbocycles. The maximum absolute atomic E-state index is 12.1. The first-order valence-electron chi connectivity index (χ1n) is 7.21. The molecule has 8 heteroatoms. The zero-order valence-corrected chi connectivity index (χ0v) is 13.5. The second-order valence-electron chi connectivity index (χ2n) is 5.19. The fourth-order valence-electron chi connectivity index (χ4n) is 2.28. The van der Waals surface area contributed by atoms with Crippen LogP contribution in [0.3, 0.4) is 0 Å². The molecule has 1 aromatic carbocycles. The molecule has 0 aliphatic carbocycles. The smallest absolute Gasteiger partial charge is 0.321 e. The number of carboxylic acid groups (broad SMARTS) is 1. The lowest BCUT2D eigenvalue weighted by Gasteiger charge is -2.17. The summed E-state index contributed by atoms with van der Waals surface area (Å²) in [5, 5.41) is 12.0. The van der Waals surface area contributed by atoms with Gasteiger partial charge in [0.05, 0.1) is 17.5 Å². The third kappa shape index (κ3) is 4.74. The number of aliphatic carboxylic acids is 1. The largest absolute Gasteiger partial charge is 0.490 e. The Morgan fingerprint density at radius 2 is 2.22 bits per heavy atom. The molecule has 0 radical (unpaired) electrons. The summed E-state index contributed by atoms with van der Waals surface area (Å²) in [7, 11) is 1.58. The molecule has 1 unspecified atom stereocenters. The van der Waals surface area contributed by atoms with Crippen LogP contribution >= 0.6 is 11.6 Å². The Morgan fingerprint density at radius 1 is 1.43 bits per heavy atom. The highest BCUT2D eigenvalue weighted by atomic mass is 35.5. The van der Waals surface area contributed by atoms with Gasteiger partial charge in [-0.3, -0.25) is 4.79 Å². The summed E-state index contributed by atoms with van der Waals surface area (Å²) in [4.78, 5) is 24.5. The Hall–Kier alpha value is -1.99. The number of urea groups is 1. The number of hydrogen-bond donors (Lipinski definition) is 2. The van der Waals surface area contributed by atoms with Crippen LogP contribution in [0, 0.1) is 5.92 Å². The van der Waals surface area contributed by atoms with Crippen LogP contribution in [-0.4, -0.2) is 55.4 Å². The molecule has 2 N–H and O–H groups in total. The molecule has 7 nitrogen and oxygen atoms in total. The molecular weight excluding hydrogens is 324 g/mol. The van der Waals surface area contributed by atoms with E-state index in [9.17, 15) is 9.59 Å². The predicted octanol–water partition coefficient (Wildman–Crippen LogP) is 2.30. The number of carbonyl (C=O) groups is 2. The molecule has 0 spiro atoms. The topological polar surface area (TPSA) is 88.1 Å². The van der Waals surface area contributed by atoms with E-state index in [0.717, 1.165) is 0 Å². The van der Waals surface area contributed by atoms with Crippen LogP contribution in [0.4, 0.5) is 10.5 Å². The van der Waals surface area contributed by atoms with Crippen LogP contribution in [0.5, 0.6) is 5.75 Å². The van der Waals surface area contributed by atoms with Crippen molar-refractivity contribution in [2.24, 2.45) is 5.92 Å². The predicted molar refractivity (Wildman–Crippen MR) is 85.2 cm³/mol. The zero-order chi connectivity index (χ0) is 16.8. The van der Waals surface area contributed by atoms with Crippen LogP contribution < -0.4 is 10.1 Å². The zero-order valence-electron chi connectivity index (χ0n) is 12.8. The number of halogens is 1. The quantitative estimate of drug-likeness (QED) is 0.774. The molecule has 23 heavy (non-hydrogen) atoms. The van der Waals surface area contributed by atoms with Gasteiger partial charge in [0.15, 0.2) is 0 Å². The minimum absolute atomic E-state index is 0.215. The summed E-state index contributed by atoms with van der Waals surface area (Å²) in [6, 6.07) is 4.60. The van der Waals surface area contributed by atoms with E-state index in [0.29, 0.717) is 42.6 Å². The third-order valence-electron chi connectivity index (χ3n) is 3.55. The van der Waals surface area contributed by atoms with Crippen LogP contribution in [0.15, 0.2) is 18.2 Å². The van der Waals surface area contributed by atoms with Gasteiger partial charge >= 0.3 is 12.0 Å². The number of amides is 2. The molecule has 1 heterocycles. The van der Waals surface area contributed by atoms with Crippen LogP contribution in [0.1, 0.15) is 6.42 Å². The summed E-state index contributed by atoms with van der Waals surface area (Å²) in [5.41, 5.74) is 0.526. The summed E-state index contributed by atoms with van der Waals surface area (Å²) < 4.78 is 10.3. The first-order chi connectivity index (χ1) is 11.0. The van der Waals surface area contributed by atoms with Gasteiger partial charge in [-0.2, -0.15) is 0 Å². The van der Waals surface area contributed by atoms with Crippen molar-refractivity contribution in [3.63, 3.8) is 0 Å². The number of ether oxygens (including phenoxy) is 2. The van der Waals surface area contributed by atoms with Gasteiger partial charge in [0.1, 0.15) is 12.4 Å². The minimum atomic E-state index is -0.874.